The van der Waals surface area contributed by atoms with E-state index in [0.717, 1.165) is 49.3 Å². The van der Waals surface area contributed by atoms with E-state index in [1.54, 1.807) is 11.3 Å². The second kappa shape index (κ2) is 5.59. The molecule has 3 aromatic carbocycles. The molecule has 3 nitrogen and oxygen atoms in total. The molecule has 0 bridgehead atoms. The van der Waals surface area contributed by atoms with Crippen molar-refractivity contribution < 1.29 is 4.42 Å². The van der Waals surface area contributed by atoms with Gasteiger partial charge >= 0.3 is 0 Å². The first-order valence-electron chi connectivity index (χ1n) is 8.71. The molecule has 0 saturated carbocycles. The highest BCUT2D eigenvalue weighted by Crippen LogP contribution is 2.45. The molecule has 1 aliphatic rings. The number of rotatable bonds is 1. The maximum absolute atomic E-state index is 6.73. The van der Waals surface area contributed by atoms with Gasteiger partial charge in [0.1, 0.15) is 27.5 Å². The maximum Gasteiger partial charge on any atom is 0.146 e. The van der Waals surface area contributed by atoms with Gasteiger partial charge in [-0.3, -0.25) is 0 Å². The Labute approximate surface area is 163 Å². The number of hydrogen-bond acceptors (Lipinski definition) is 4. The molecular formula is C22H13ClN2OS. The second-order valence-electron chi connectivity index (χ2n) is 6.56. The number of thiophene rings is 1. The summed E-state index contributed by atoms with van der Waals surface area (Å²) in [5, 5.41) is 7.68. The van der Waals surface area contributed by atoms with E-state index >= 15 is 0 Å². The second-order valence-corrected chi connectivity index (χ2v) is 8.03. The van der Waals surface area contributed by atoms with Crippen molar-refractivity contribution in [2.45, 2.75) is 5.50 Å². The molecule has 0 amide bonds. The molecule has 130 valence electrons. The van der Waals surface area contributed by atoms with Gasteiger partial charge in [-0.1, -0.05) is 60.1 Å². The number of nitrogens with zero attached hydrogens (tertiary/aromatic N) is 1. The van der Waals surface area contributed by atoms with Crippen LogP contribution in [-0.2, 0) is 0 Å². The predicted octanol–water partition coefficient (Wildman–Crippen LogP) is 6.72. The highest BCUT2D eigenvalue weighted by atomic mass is 35.5. The van der Waals surface area contributed by atoms with Crippen LogP contribution in [0.2, 0.25) is 0 Å². The molecular weight excluding hydrogens is 376 g/mol. The summed E-state index contributed by atoms with van der Waals surface area (Å²) in [6, 6.07) is 22.5. The van der Waals surface area contributed by atoms with E-state index in [2.05, 4.69) is 29.6 Å². The van der Waals surface area contributed by atoms with Crippen molar-refractivity contribution >= 4 is 65.8 Å². The Bertz CT molecular complexity index is 1380. The Morgan fingerprint density at radius 3 is 2.59 bits per heavy atom. The number of aliphatic imine (C=N–C) groups is 1. The van der Waals surface area contributed by atoms with Crippen molar-refractivity contribution in [1.29, 1.82) is 0 Å². The van der Waals surface area contributed by atoms with Gasteiger partial charge in [0.25, 0.3) is 0 Å². The molecule has 0 saturated heterocycles. The van der Waals surface area contributed by atoms with Crippen molar-refractivity contribution in [3.05, 3.63) is 77.9 Å². The fourth-order valence-corrected chi connectivity index (χ4v) is 5.28. The zero-order valence-corrected chi connectivity index (χ0v) is 15.6. The molecule has 27 heavy (non-hydrogen) atoms. The third-order valence-electron chi connectivity index (χ3n) is 5.00. The average Bonchev–Trinajstić information content (AvgIpc) is 3.26. The fourth-order valence-electron chi connectivity index (χ4n) is 3.78. The first-order chi connectivity index (χ1) is 13.3. The summed E-state index contributed by atoms with van der Waals surface area (Å²) >= 11 is 8.40. The first kappa shape index (κ1) is 15.3. The summed E-state index contributed by atoms with van der Waals surface area (Å²) in [5.41, 5.74) is 3.36. The molecule has 5 heteroatoms. The van der Waals surface area contributed by atoms with Crippen molar-refractivity contribution in [2.75, 3.05) is 0 Å². The van der Waals surface area contributed by atoms with Crippen molar-refractivity contribution in [1.82, 2.24) is 5.32 Å². The number of fused-ring (bicyclic) bond motifs is 6. The van der Waals surface area contributed by atoms with Crippen LogP contribution < -0.4 is 5.32 Å². The van der Waals surface area contributed by atoms with Gasteiger partial charge in [0.15, 0.2) is 0 Å². The van der Waals surface area contributed by atoms with Gasteiger partial charge in [-0.05, 0) is 18.2 Å². The predicted molar refractivity (Wildman–Crippen MR) is 113 cm³/mol. The highest BCUT2D eigenvalue weighted by molar-refractivity contribution is 7.23. The van der Waals surface area contributed by atoms with E-state index in [9.17, 15) is 0 Å². The molecule has 1 unspecified atom stereocenters. The number of alkyl halides is 1. The minimum Gasteiger partial charge on any atom is -0.455 e. The molecule has 6 rings (SSSR count). The first-order valence-corrected chi connectivity index (χ1v) is 9.96. The monoisotopic (exact) mass is 388 g/mol. The molecule has 0 fully saturated rings. The van der Waals surface area contributed by atoms with Crippen LogP contribution in [-0.4, -0.2) is 5.84 Å². The smallest absolute Gasteiger partial charge is 0.146 e. The molecule has 1 aliphatic heterocycles. The number of nitrogens with one attached hydrogen (secondary N) is 1. The van der Waals surface area contributed by atoms with Crippen LogP contribution in [0.1, 0.15) is 16.6 Å². The van der Waals surface area contributed by atoms with E-state index in [1.807, 2.05) is 42.5 Å². The van der Waals surface area contributed by atoms with Crippen LogP contribution in [0.5, 0.6) is 0 Å². The SMILES string of the molecule is ClC1NC(c2cccc3c2oc2ccccc23)=Nc2sc3ccccc3c21. The van der Waals surface area contributed by atoms with Gasteiger partial charge in [0, 0.05) is 26.4 Å². The largest absolute Gasteiger partial charge is 0.455 e. The van der Waals surface area contributed by atoms with Crippen molar-refractivity contribution in [3.63, 3.8) is 0 Å². The Morgan fingerprint density at radius 1 is 0.889 bits per heavy atom. The number of halogens is 1. The van der Waals surface area contributed by atoms with Gasteiger partial charge in [-0.15, -0.1) is 11.3 Å². The maximum atomic E-state index is 6.73. The van der Waals surface area contributed by atoms with E-state index in [0.29, 0.717) is 0 Å². The lowest BCUT2D eigenvalue weighted by Crippen LogP contribution is -2.28. The molecule has 0 spiro atoms. The van der Waals surface area contributed by atoms with Gasteiger partial charge in [0.2, 0.25) is 0 Å². The van der Waals surface area contributed by atoms with E-state index in [4.69, 9.17) is 21.0 Å². The molecule has 0 aliphatic carbocycles. The quantitative estimate of drug-likeness (QED) is 0.255. The lowest BCUT2D eigenvalue weighted by molar-refractivity contribution is 0.667. The summed E-state index contributed by atoms with van der Waals surface area (Å²) < 4.78 is 7.35. The molecule has 2 aromatic heterocycles. The van der Waals surface area contributed by atoms with Gasteiger partial charge in [0.05, 0.1) is 5.56 Å². The number of amidine groups is 1. The van der Waals surface area contributed by atoms with E-state index < -0.39 is 0 Å². The van der Waals surface area contributed by atoms with Crippen LogP contribution in [0, 0.1) is 0 Å². The van der Waals surface area contributed by atoms with Crippen LogP contribution in [0.15, 0.2) is 76.1 Å². The fraction of sp³-hybridized carbons (Fsp3) is 0.0455. The lowest BCUT2D eigenvalue weighted by atomic mass is 10.1. The lowest BCUT2D eigenvalue weighted by Gasteiger charge is -2.20. The Balaban J connectivity index is 1.61. The highest BCUT2D eigenvalue weighted by Gasteiger charge is 2.27. The van der Waals surface area contributed by atoms with Crippen molar-refractivity contribution in [3.8, 4) is 0 Å². The normalized spacial score (nSPS) is 16.5. The Kier molecular flexibility index (Phi) is 3.16. The van der Waals surface area contributed by atoms with Crippen LogP contribution in [0.4, 0.5) is 5.00 Å². The molecule has 1 N–H and O–H groups in total. The Hall–Kier alpha value is -2.82. The summed E-state index contributed by atoms with van der Waals surface area (Å²) in [4.78, 5) is 4.90. The summed E-state index contributed by atoms with van der Waals surface area (Å²) in [6.07, 6.45) is 0. The van der Waals surface area contributed by atoms with Crippen LogP contribution in [0.25, 0.3) is 32.0 Å². The van der Waals surface area contributed by atoms with Crippen molar-refractivity contribution in [2.24, 2.45) is 4.99 Å². The van der Waals surface area contributed by atoms with Gasteiger partial charge in [-0.2, -0.15) is 0 Å². The zero-order valence-electron chi connectivity index (χ0n) is 14.1. The Morgan fingerprint density at radius 2 is 1.67 bits per heavy atom. The number of benzene rings is 3. The topological polar surface area (TPSA) is 37.5 Å². The minimum atomic E-state index is -0.330. The number of hydrogen-bond donors (Lipinski definition) is 1. The number of furan rings is 1. The zero-order chi connectivity index (χ0) is 18.0. The minimum absolute atomic E-state index is 0.330. The van der Waals surface area contributed by atoms with Crippen LogP contribution >= 0.6 is 22.9 Å². The summed E-state index contributed by atoms with van der Waals surface area (Å²) in [7, 11) is 0. The third kappa shape index (κ3) is 2.17. The molecule has 1 atom stereocenters. The third-order valence-corrected chi connectivity index (χ3v) is 6.41. The van der Waals surface area contributed by atoms with E-state index in [-0.39, 0.29) is 5.50 Å². The molecule has 0 radical (unpaired) electrons. The summed E-state index contributed by atoms with van der Waals surface area (Å²) in [5.74, 6) is 0.749. The number of para-hydroxylation sites is 2. The molecule has 5 aromatic rings. The average molecular weight is 389 g/mol. The summed E-state index contributed by atoms with van der Waals surface area (Å²) in [6.45, 7) is 0. The van der Waals surface area contributed by atoms with E-state index in [1.165, 1.54) is 4.70 Å². The van der Waals surface area contributed by atoms with Gasteiger partial charge in [-0.25, -0.2) is 4.99 Å². The standard InChI is InChI=1S/C22H13ClN2OS/c23-20-18-14-7-2-4-11-17(14)27-22(18)25-21(24-20)15-9-5-8-13-12-6-1-3-10-16(12)26-19(13)15/h1-11,20H,(H,24,25). The molecule has 3 heterocycles. The van der Waals surface area contributed by atoms with Gasteiger partial charge < -0.3 is 9.73 Å². The van der Waals surface area contributed by atoms with Crippen LogP contribution in [0.3, 0.4) is 0 Å².